The number of nitrogens with one attached hydrogen (secondary N) is 1. The van der Waals surface area contributed by atoms with Gasteiger partial charge in [-0.1, -0.05) is 12.1 Å². The first kappa shape index (κ1) is 15.1. The summed E-state index contributed by atoms with van der Waals surface area (Å²) in [6.45, 7) is 1.96. The molecule has 4 rings (SSSR count). The lowest BCUT2D eigenvalue weighted by Crippen LogP contribution is -2.26. The van der Waals surface area contributed by atoms with Crippen molar-refractivity contribution in [2.75, 3.05) is 0 Å². The summed E-state index contributed by atoms with van der Waals surface area (Å²) in [7, 11) is 0. The topological polar surface area (TPSA) is 77.1 Å². The normalized spacial score (nSPS) is 12.2. The van der Waals surface area contributed by atoms with E-state index in [2.05, 4.69) is 20.4 Å². The first-order valence-corrected chi connectivity index (χ1v) is 7.89. The molecule has 7 nitrogen and oxygen atoms in total. The van der Waals surface area contributed by atoms with Gasteiger partial charge < -0.3 is 9.72 Å². The summed E-state index contributed by atoms with van der Waals surface area (Å²) in [5.41, 5.74) is 3.34. The molecule has 0 bridgehead atoms. The van der Waals surface area contributed by atoms with E-state index in [1.165, 1.54) is 6.33 Å². The third-order valence-electron chi connectivity index (χ3n) is 4.07. The minimum Gasteiger partial charge on any atom is -0.345 e. The highest BCUT2D eigenvalue weighted by molar-refractivity contribution is 5.94. The molecule has 1 unspecified atom stereocenters. The molecule has 1 aromatic carbocycles. The lowest BCUT2D eigenvalue weighted by atomic mass is 10.1. The molecular weight excluding hydrogens is 316 g/mol. The molecule has 7 heteroatoms. The van der Waals surface area contributed by atoms with Crippen LogP contribution in [0.25, 0.3) is 11.3 Å². The molecule has 3 heterocycles. The summed E-state index contributed by atoms with van der Waals surface area (Å²) in [5, 5.41) is 7.11. The Hall–Kier alpha value is -3.48. The Morgan fingerprint density at radius 1 is 1.16 bits per heavy atom. The predicted molar refractivity (Wildman–Crippen MR) is 92.4 cm³/mol. The maximum atomic E-state index is 12.5. The summed E-state index contributed by atoms with van der Waals surface area (Å²) in [6.07, 6.45) is 8.44. The van der Waals surface area contributed by atoms with Gasteiger partial charge in [0.1, 0.15) is 18.3 Å². The molecule has 0 aliphatic rings. The zero-order chi connectivity index (χ0) is 17.2. The van der Waals surface area contributed by atoms with Gasteiger partial charge in [-0.3, -0.25) is 4.79 Å². The number of carbonyl (C=O) groups excluding carboxylic acids is 1. The van der Waals surface area contributed by atoms with Gasteiger partial charge in [0.05, 0.1) is 17.3 Å². The number of aromatic nitrogens is 5. The highest BCUT2D eigenvalue weighted by Crippen LogP contribution is 2.16. The Morgan fingerprint density at radius 2 is 2.00 bits per heavy atom. The Balaban J connectivity index is 1.49. The third-order valence-corrected chi connectivity index (χ3v) is 4.07. The number of fused-ring (bicyclic) bond motifs is 1. The SMILES string of the molecule is CC(NC(=O)c1ccc2nccn2c1)c1ccc(-n2cncn2)cc1. The molecule has 0 saturated carbocycles. The number of hydrogen-bond acceptors (Lipinski definition) is 4. The summed E-state index contributed by atoms with van der Waals surface area (Å²) < 4.78 is 3.51. The van der Waals surface area contributed by atoms with Crippen LogP contribution in [0.3, 0.4) is 0 Å². The van der Waals surface area contributed by atoms with Gasteiger partial charge in [-0.05, 0) is 36.8 Å². The fraction of sp³-hybridized carbons (Fsp3) is 0.111. The molecule has 0 fully saturated rings. The van der Waals surface area contributed by atoms with Crippen LogP contribution in [0.1, 0.15) is 28.9 Å². The molecule has 0 aliphatic carbocycles. The van der Waals surface area contributed by atoms with Crippen LogP contribution in [0, 0.1) is 0 Å². The number of amides is 1. The van der Waals surface area contributed by atoms with Gasteiger partial charge in [0.25, 0.3) is 5.91 Å². The molecule has 1 atom stereocenters. The number of nitrogens with zero attached hydrogens (tertiary/aromatic N) is 5. The molecule has 1 N–H and O–H groups in total. The molecule has 4 aromatic rings. The quantitative estimate of drug-likeness (QED) is 0.622. The largest absolute Gasteiger partial charge is 0.345 e. The fourth-order valence-electron chi connectivity index (χ4n) is 2.67. The summed E-state index contributed by atoms with van der Waals surface area (Å²) in [6, 6.07) is 11.3. The van der Waals surface area contributed by atoms with Gasteiger partial charge in [-0.25, -0.2) is 14.6 Å². The van der Waals surface area contributed by atoms with Gasteiger partial charge >= 0.3 is 0 Å². The molecule has 25 heavy (non-hydrogen) atoms. The summed E-state index contributed by atoms with van der Waals surface area (Å²) in [5.74, 6) is -0.122. The number of rotatable bonds is 4. The Kier molecular flexibility index (Phi) is 3.74. The van der Waals surface area contributed by atoms with E-state index in [1.807, 2.05) is 47.9 Å². The second-order valence-corrected chi connectivity index (χ2v) is 5.74. The van der Waals surface area contributed by atoms with Crippen LogP contribution in [-0.4, -0.2) is 30.1 Å². The average Bonchev–Trinajstić information content (AvgIpc) is 3.32. The average molecular weight is 332 g/mol. The van der Waals surface area contributed by atoms with Gasteiger partial charge in [0, 0.05) is 18.6 Å². The smallest absolute Gasteiger partial charge is 0.253 e. The molecular formula is C18H16N6O. The zero-order valence-electron chi connectivity index (χ0n) is 13.6. The van der Waals surface area contributed by atoms with Crippen molar-refractivity contribution in [3.8, 4) is 5.69 Å². The monoisotopic (exact) mass is 332 g/mol. The number of pyridine rings is 1. The van der Waals surface area contributed by atoms with Crippen molar-refractivity contribution in [1.82, 2.24) is 29.5 Å². The van der Waals surface area contributed by atoms with Crippen LogP contribution in [-0.2, 0) is 0 Å². The van der Waals surface area contributed by atoms with E-state index >= 15 is 0 Å². The first-order chi connectivity index (χ1) is 12.2. The van der Waals surface area contributed by atoms with Gasteiger partial charge in [0.15, 0.2) is 0 Å². The lowest BCUT2D eigenvalue weighted by molar-refractivity contribution is 0.0939. The van der Waals surface area contributed by atoms with Crippen molar-refractivity contribution >= 4 is 11.6 Å². The van der Waals surface area contributed by atoms with Crippen molar-refractivity contribution < 1.29 is 4.79 Å². The molecule has 0 radical (unpaired) electrons. The van der Waals surface area contributed by atoms with Crippen LogP contribution >= 0.6 is 0 Å². The van der Waals surface area contributed by atoms with Gasteiger partial charge in [-0.2, -0.15) is 5.10 Å². The maximum Gasteiger partial charge on any atom is 0.253 e. The fourth-order valence-corrected chi connectivity index (χ4v) is 2.67. The van der Waals surface area contributed by atoms with Crippen LogP contribution in [0.2, 0.25) is 0 Å². The minimum absolute atomic E-state index is 0.115. The van der Waals surface area contributed by atoms with E-state index in [9.17, 15) is 4.79 Å². The van der Waals surface area contributed by atoms with E-state index in [4.69, 9.17) is 0 Å². The van der Waals surface area contributed by atoms with Crippen LogP contribution < -0.4 is 5.32 Å². The molecule has 124 valence electrons. The Morgan fingerprint density at radius 3 is 2.76 bits per heavy atom. The second kappa shape index (κ2) is 6.20. The summed E-state index contributed by atoms with van der Waals surface area (Å²) in [4.78, 5) is 20.6. The number of benzene rings is 1. The number of imidazole rings is 1. The van der Waals surface area contributed by atoms with Crippen LogP contribution in [0.15, 0.2) is 67.6 Å². The summed E-state index contributed by atoms with van der Waals surface area (Å²) >= 11 is 0. The Labute approximate surface area is 144 Å². The van der Waals surface area contributed by atoms with E-state index in [0.717, 1.165) is 16.9 Å². The lowest BCUT2D eigenvalue weighted by Gasteiger charge is -2.15. The van der Waals surface area contributed by atoms with E-state index < -0.39 is 0 Å². The highest BCUT2D eigenvalue weighted by Gasteiger charge is 2.12. The molecule has 0 spiro atoms. The number of hydrogen-bond donors (Lipinski definition) is 1. The van der Waals surface area contributed by atoms with Crippen LogP contribution in [0.5, 0.6) is 0 Å². The molecule has 0 saturated heterocycles. The minimum atomic E-state index is -0.122. The molecule has 0 aliphatic heterocycles. The van der Waals surface area contributed by atoms with E-state index in [0.29, 0.717) is 5.56 Å². The number of carbonyl (C=O) groups is 1. The standard InChI is InChI=1S/C18H16N6O/c1-13(14-2-5-16(6-3-14)24-12-19-11-21-24)22-18(25)15-4-7-17-20-8-9-23(17)10-15/h2-13H,1H3,(H,22,25). The third kappa shape index (κ3) is 2.99. The van der Waals surface area contributed by atoms with Crippen molar-refractivity contribution in [3.05, 3.63) is 78.8 Å². The predicted octanol–water partition coefficient (Wildman–Crippen LogP) is 2.41. The second-order valence-electron chi connectivity index (χ2n) is 5.74. The van der Waals surface area contributed by atoms with E-state index in [1.54, 1.807) is 29.5 Å². The zero-order valence-corrected chi connectivity index (χ0v) is 13.6. The van der Waals surface area contributed by atoms with Crippen molar-refractivity contribution in [3.63, 3.8) is 0 Å². The van der Waals surface area contributed by atoms with Crippen molar-refractivity contribution in [1.29, 1.82) is 0 Å². The molecule has 1 amide bonds. The Bertz CT molecular complexity index is 1000. The van der Waals surface area contributed by atoms with Gasteiger partial charge in [0.2, 0.25) is 0 Å². The van der Waals surface area contributed by atoms with E-state index in [-0.39, 0.29) is 11.9 Å². The van der Waals surface area contributed by atoms with Crippen LogP contribution in [0.4, 0.5) is 0 Å². The highest BCUT2D eigenvalue weighted by atomic mass is 16.1. The van der Waals surface area contributed by atoms with Gasteiger partial charge in [-0.15, -0.1) is 0 Å². The van der Waals surface area contributed by atoms with Crippen molar-refractivity contribution in [2.24, 2.45) is 0 Å². The molecule has 3 aromatic heterocycles. The van der Waals surface area contributed by atoms with Crippen molar-refractivity contribution in [2.45, 2.75) is 13.0 Å². The first-order valence-electron chi connectivity index (χ1n) is 7.89. The maximum absolute atomic E-state index is 12.5.